The van der Waals surface area contributed by atoms with E-state index in [2.05, 4.69) is 0 Å². The van der Waals surface area contributed by atoms with Crippen LogP contribution in [0, 0.1) is 12.8 Å². The maximum atomic E-state index is 13.2. The maximum Gasteiger partial charge on any atom is 0.387 e. The highest BCUT2D eigenvalue weighted by molar-refractivity contribution is 7.15. The van der Waals surface area contributed by atoms with E-state index in [1.54, 1.807) is 43.4 Å². The lowest BCUT2D eigenvalue weighted by Gasteiger charge is -2.28. The van der Waals surface area contributed by atoms with Crippen molar-refractivity contribution in [1.29, 1.82) is 0 Å². The number of nitrogens with zero attached hydrogens (tertiary/aromatic N) is 1. The number of para-hydroxylation sites is 1. The molecule has 0 bridgehead atoms. The summed E-state index contributed by atoms with van der Waals surface area (Å²) in [6, 6.07) is 16.0. The molecule has 1 unspecified atom stereocenters. The number of hydrogen-bond donors (Lipinski definition) is 1. The quantitative estimate of drug-likeness (QED) is 0.419. The van der Waals surface area contributed by atoms with Gasteiger partial charge in [-0.2, -0.15) is 8.78 Å². The summed E-state index contributed by atoms with van der Waals surface area (Å²) in [6.45, 7) is 2.21. The van der Waals surface area contributed by atoms with Gasteiger partial charge in [-0.1, -0.05) is 44.2 Å². The third kappa shape index (κ3) is 4.33. The van der Waals surface area contributed by atoms with Crippen LogP contribution < -0.4 is 9.64 Å². The monoisotopic (exact) mass is 483 g/mol. The number of benzene rings is 2. The molecule has 5 nitrogen and oxygen atoms in total. The number of Topliss-reactive ketones (excluding diaryl/α,β-unsaturated/α-hetero) is 1. The van der Waals surface area contributed by atoms with E-state index in [9.17, 15) is 23.5 Å². The summed E-state index contributed by atoms with van der Waals surface area (Å²) in [5.74, 6) is -2.61. The van der Waals surface area contributed by atoms with Gasteiger partial charge < -0.3 is 9.84 Å². The van der Waals surface area contributed by atoms with E-state index in [0.717, 1.165) is 15.3 Å². The summed E-state index contributed by atoms with van der Waals surface area (Å²) >= 11 is 1.63. The number of hydrogen-bond acceptors (Lipinski definition) is 5. The fraction of sp³-hybridized carbons (Fsp3) is 0.231. The Morgan fingerprint density at radius 2 is 1.74 bits per heavy atom. The Morgan fingerprint density at radius 1 is 1.06 bits per heavy atom. The van der Waals surface area contributed by atoms with E-state index < -0.39 is 36.0 Å². The summed E-state index contributed by atoms with van der Waals surface area (Å²) in [7, 11) is 0. The number of aliphatic hydroxyl groups is 1. The second-order valence-electron chi connectivity index (χ2n) is 8.23. The van der Waals surface area contributed by atoms with Gasteiger partial charge in [0.2, 0.25) is 0 Å². The normalized spacial score (nSPS) is 16.1. The van der Waals surface area contributed by atoms with E-state index in [1.165, 1.54) is 23.1 Å². The number of carbonyl (C=O) groups is 2. The SMILES string of the molecule is Cc1ccc(-c2ccc(N3C(=O)C(O)=C(C(=O)C(C)C)C3c3ccccc3OC(F)F)cc2)s1. The molecule has 0 saturated heterocycles. The van der Waals surface area contributed by atoms with Gasteiger partial charge in [0.1, 0.15) is 5.75 Å². The molecule has 1 aliphatic heterocycles. The Balaban J connectivity index is 1.83. The standard InChI is InChI=1S/C26H23F2NO4S/c1-14(2)23(30)21-22(18-6-4-5-7-19(18)33-26(27)28)29(25(32)24(21)31)17-11-9-16(10-12-17)20-13-8-15(3)34-20/h4-14,22,26,31H,1-3H3. The van der Waals surface area contributed by atoms with Crippen LogP contribution in [0.15, 0.2) is 72.0 Å². The summed E-state index contributed by atoms with van der Waals surface area (Å²) in [6.07, 6.45) is 0. The number of halogens is 2. The number of ketones is 1. The number of rotatable bonds is 7. The lowest BCUT2D eigenvalue weighted by atomic mass is 9.90. The predicted molar refractivity (Wildman–Crippen MR) is 127 cm³/mol. The van der Waals surface area contributed by atoms with Gasteiger partial charge in [0.05, 0.1) is 11.6 Å². The Kier molecular flexibility index (Phi) is 6.52. The van der Waals surface area contributed by atoms with Crippen molar-refractivity contribution in [2.24, 2.45) is 5.92 Å². The molecule has 0 aliphatic carbocycles. The molecule has 34 heavy (non-hydrogen) atoms. The molecule has 2 aromatic carbocycles. The van der Waals surface area contributed by atoms with Crippen LogP contribution in [0.5, 0.6) is 5.75 Å². The predicted octanol–water partition coefficient (Wildman–Crippen LogP) is 6.45. The van der Waals surface area contributed by atoms with Gasteiger partial charge in [-0.25, -0.2) is 0 Å². The topological polar surface area (TPSA) is 66.8 Å². The van der Waals surface area contributed by atoms with E-state index in [4.69, 9.17) is 4.74 Å². The average molecular weight is 484 g/mol. The third-order valence-corrected chi connectivity index (χ3v) is 6.65. The van der Waals surface area contributed by atoms with Crippen LogP contribution in [-0.4, -0.2) is 23.4 Å². The van der Waals surface area contributed by atoms with E-state index in [-0.39, 0.29) is 16.9 Å². The third-order valence-electron chi connectivity index (χ3n) is 5.60. The second-order valence-corrected chi connectivity index (χ2v) is 9.52. The van der Waals surface area contributed by atoms with Crippen molar-refractivity contribution in [3.63, 3.8) is 0 Å². The maximum absolute atomic E-state index is 13.2. The fourth-order valence-electron chi connectivity index (χ4n) is 4.01. The van der Waals surface area contributed by atoms with E-state index in [1.807, 2.05) is 31.2 Å². The zero-order valence-electron chi connectivity index (χ0n) is 18.8. The number of thiophene rings is 1. The fourth-order valence-corrected chi connectivity index (χ4v) is 4.89. The van der Waals surface area contributed by atoms with Gasteiger partial charge in [0, 0.05) is 26.9 Å². The number of alkyl halides is 2. The summed E-state index contributed by atoms with van der Waals surface area (Å²) in [4.78, 5) is 29.7. The van der Waals surface area contributed by atoms with Crippen molar-refractivity contribution in [2.45, 2.75) is 33.4 Å². The molecule has 1 N–H and O–H groups in total. The molecule has 0 spiro atoms. The molecule has 3 aromatic rings. The van der Waals surface area contributed by atoms with Crippen molar-refractivity contribution in [1.82, 2.24) is 0 Å². The first-order chi connectivity index (χ1) is 16.2. The van der Waals surface area contributed by atoms with Gasteiger partial charge in [0.15, 0.2) is 11.5 Å². The minimum atomic E-state index is -3.10. The minimum Gasteiger partial charge on any atom is -0.503 e. The van der Waals surface area contributed by atoms with Gasteiger partial charge in [-0.3, -0.25) is 14.5 Å². The number of anilines is 1. The highest BCUT2D eigenvalue weighted by atomic mass is 32.1. The number of carbonyl (C=O) groups excluding carboxylic acids is 2. The molecule has 176 valence electrons. The second kappa shape index (κ2) is 9.38. The Hall–Kier alpha value is -3.52. The summed E-state index contributed by atoms with van der Waals surface area (Å²) in [5, 5.41) is 10.7. The number of ether oxygens (including phenoxy) is 1. The largest absolute Gasteiger partial charge is 0.503 e. The average Bonchev–Trinajstić information content (AvgIpc) is 3.34. The Labute approximate surface area is 199 Å². The van der Waals surface area contributed by atoms with Crippen LogP contribution in [0.4, 0.5) is 14.5 Å². The molecule has 1 aromatic heterocycles. The van der Waals surface area contributed by atoms with Gasteiger partial charge >= 0.3 is 6.61 Å². The molecule has 0 fully saturated rings. The van der Waals surface area contributed by atoms with Crippen LogP contribution in [0.2, 0.25) is 0 Å². The number of aliphatic hydroxyl groups excluding tert-OH is 1. The molecule has 4 rings (SSSR count). The van der Waals surface area contributed by atoms with Gasteiger partial charge in [0.25, 0.3) is 5.91 Å². The van der Waals surface area contributed by atoms with E-state index in [0.29, 0.717) is 5.69 Å². The van der Waals surface area contributed by atoms with Crippen molar-refractivity contribution < 1.29 is 28.2 Å². The molecule has 1 aliphatic rings. The Bertz CT molecular complexity index is 1260. The Morgan fingerprint density at radius 3 is 2.32 bits per heavy atom. The zero-order valence-corrected chi connectivity index (χ0v) is 19.6. The molecule has 0 radical (unpaired) electrons. The number of amides is 1. The summed E-state index contributed by atoms with van der Waals surface area (Å²) in [5.41, 5.74) is 1.41. The molecule has 0 saturated carbocycles. The highest BCUT2D eigenvalue weighted by Gasteiger charge is 2.46. The lowest BCUT2D eigenvalue weighted by molar-refractivity contribution is -0.119. The highest BCUT2D eigenvalue weighted by Crippen LogP contribution is 2.45. The van der Waals surface area contributed by atoms with Gasteiger partial charge in [-0.15, -0.1) is 11.3 Å². The number of aryl methyl sites for hydroxylation is 1. The minimum absolute atomic E-state index is 0.136. The van der Waals surface area contributed by atoms with Crippen LogP contribution in [0.25, 0.3) is 10.4 Å². The van der Waals surface area contributed by atoms with Crippen LogP contribution in [0.3, 0.4) is 0 Å². The first kappa shape index (κ1) is 23.6. The first-order valence-electron chi connectivity index (χ1n) is 10.7. The van der Waals surface area contributed by atoms with Crippen LogP contribution in [0.1, 0.15) is 30.3 Å². The molecule has 2 heterocycles. The van der Waals surface area contributed by atoms with Crippen LogP contribution >= 0.6 is 11.3 Å². The molecular weight excluding hydrogens is 460 g/mol. The molecular formula is C26H23F2NO4S. The van der Waals surface area contributed by atoms with Crippen molar-refractivity contribution in [3.8, 4) is 16.2 Å². The zero-order chi connectivity index (χ0) is 24.6. The van der Waals surface area contributed by atoms with Crippen LogP contribution in [-0.2, 0) is 9.59 Å². The smallest absolute Gasteiger partial charge is 0.387 e. The summed E-state index contributed by atoms with van der Waals surface area (Å²) < 4.78 is 30.9. The lowest BCUT2D eigenvalue weighted by Crippen LogP contribution is -2.31. The first-order valence-corrected chi connectivity index (χ1v) is 11.5. The molecule has 1 atom stereocenters. The van der Waals surface area contributed by atoms with Crippen molar-refractivity contribution in [2.75, 3.05) is 4.90 Å². The molecule has 1 amide bonds. The van der Waals surface area contributed by atoms with Gasteiger partial charge in [-0.05, 0) is 42.8 Å². The van der Waals surface area contributed by atoms with Crippen molar-refractivity contribution in [3.05, 3.63) is 82.4 Å². The van der Waals surface area contributed by atoms with E-state index >= 15 is 0 Å². The molecule has 8 heteroatoms. The van der Waals surface area contributed by atoms with Crippen molar-refractivity contribution >= 4 is 28.7 Å².